The first kappa shape index (κ1) is 24.5. The minimum Gasteiger partial charge on any atom is -0.456 e. The number of aryl methyl sites for hydroxylation is 1. The van der Waals surface area contributed by atoms with Gasteiger partial charge in [-0.3, -0.25) is 4.79 Å². The molecule has 35 heavy (non-hydrogen) atoms. The molecule has 1 aromatic heterocycles. The third kappa shape index (κ3) is 4.92. The van der Waals surface area contributed by atoms with Crippen molar-refractivity contribution < 1.29 is 14.3 Å². The molecule has 0 saturated carbocycles. The molecule has 2 atom stereocenters. The minimum atomic E-state index is -1.04. The fourth-order valence-corrected chi connectivity index (χ4v) is 4.52. The second-order valence-electron chi connectivity index (χ2n) is 8.96. The molecule has 2 unspecified atom stereocenters. The van der Waals surface area contributed by atoms with Gasteiger partial charge in [-0.2, -0.15) is 5.26 Å². The van der Waals surface area contributed by atoms with Crippen LogP contribution in [0.2, 0.25) is 0 Å². The molecule has 1 fully saturated rings. The summed E-state index contributed by atoms with van der Waals surface area (Å²) in [5, 5.41) is 9.66. The molecule has 0 aliphatic carbocycles. The van der Waals surface area contributed by atoms with Gasteiger partial charge in [-0.1, -0.05) is 31.5 Å². The number of hydrogen-bond acceptors (Lipinski definition) is 6. The number of nitriles is 1. The highest BCUT2D eigenvalue weighted by Gasteiger charge is 2.45. The SMILES string of the molecule is CCCC1(c2cccc(Oc3cc(C(N)Cc4cncn4C)ccc3C#N)c2)OCCN(C)C1=O. The molecular formula is C27H31N5O3. The van der Waals surface area contributed by atoms with Crippen molar-refractivity contribution in [2.45, 2.75) is 37.8 Å². The zero-order valence-corrected chi connectivity index (χ0v) is 20.4. The first-order valence-electron chi connectivity index (χ1n) is 11.8. The monoisotopic (exact) mass is 473 g/mol. The fourth-order valence-electron chi connectivity index (χ4n) is 4.52. The molecule has 1 aliphatic heterocycles. The van der Waals surface area contributed by atoms with Crippen molar-refractivity contribution in [1.29, 1.82) is 5.26 Å². The van der Waals surface area contributed by atoms with Gasteiger partial charge in [-0.15, -0.1) is 0 Å². The van der Waals surface area contributed by atoms with Crippen molar-refractivity contribution in [3.63, 3.8) is 0 Å². The van der Waals surface area contributed by atoms with Crippen molar-refractivity contribution >= 4 is 5.91 Å². The normalized spacial score (nSPS) is 18.8. The number of rotatable bonds is 8. The predicted molar refractivity (Wildman–Crippen MR) is 132 cm³/mol. The van der Waals surface area contributed by atoms with Crippen LogP contribution in [0.15, 0.2) is 55.0 Å². The highest BCUT2D eigenvalue weighted by molar-refractivity contribution is 5.87. The lowest BCUT2D eigenvalue weighted by Crippen LogP contribution is -2.53. The number of benzene rings is 2. The number of nitrogens with zero attached hydrogens (tertiary/aromatic N) is 4. The molecule has 1 amide bonds. The summed E-state index contributed by atoms with van der Waals surface area (Å²) in [5.41, 5.74) is 8.45. The number of aromatic nitrogens is 2. The topological polar surface area (TPSA) is 106 Å². The van der Waals surface area contributed by atoms with Crippen molar-refractivity contribution in [1.82, 2.24) is 14.5 Å². The van der Waals surface area contributed by atoms with Gasteiger partial charge < -0.3 is 24.7 Å². The minimum absolute atomic E-state index is 0.0522. The van der Waals surface area contributed by atoms with E-state index in [2.05, 4.69) is 11.1 Å². The quantitative estimate of drug-likeness (QED) is 0.533. The Morgan fingerprint density at radius 3 is 2.83 bits per heavy atom. The summed E-state index contributed by atoms with van der Waals surface area (Å²) in [7, 11) is 3.73. The number of amides is 1. The zero-order valence-electron chi connectivity index (χ0n) is 20.4. The Hall–Kier alpha value is -3.67. The lowest BCUT2D eigenvalue weighted by Gasteiger charge is -2.40. The van der Waals surface area contributed by atoms with Gasteiger partial charge in [0.25, 0.3) is 5.91 Å². The van der Waals surface area contributed by atoms with E-state index in [1.165, 1.54) is 0 Å². The average Bonchev–Trinajstić information content (AvgIpc) is 3.26. The molecule has 2 heterocycles. The Kier molecular flexibility index (Phi) is 7.20. The first-order valence-corrected chi connectivity index (χ1v) is 11.8. The van der Waals surface area contributed by atoms with Crippen LogP contribution in [0.1, 0.15) is 48.2 Å². The first-order chi connectivity index (χ1) is 16.9. The smallest absolute Gasteiger partial charge is 0.259 e. The van der Waals surface area contributed by atoms with Gasteiger partial charge in [-0.05, 0) is 41.8 Å². The van der Waals surface area contributed by atoms with Gasteiger partial charge in [0.15, 0.2) is 5.60 Å². The van der Waals surface area contributed by atoms with Crippen LogP contribution in [0.3, 0.4) is 0 Å². The van der Waals surface area contributed by atoms with Gasteiger partial charge in [0.05, 0.1) is 18.5 Å². The molecule has 0 radical (unpaired) electrons. The van der Waals surface area contributed by atoms with Crippen LogP contribution in [0.5, 0.6) is 11.5 Å². The van der Waals surface area contributed by atoms with E-state index in [-0.39, 0.29) is 11.9 Å². The number of likely N-dealkylation sites (N-methyl/N-ethyl adjacent to an activating group) is 1. The average molecular weight is 474 g/mol. The van der Waals surface area contributed by atoms with Crippen LogP contribution in [0, 0.1) is 11.3 Å². The fraction of sp³-hybridized carbons (Fsp3) is 0.370. The number of carbonyl (C=O) groups is 1. The van der Waals surface area contributed by atoms with E-state index in [9.17, 15) is 10.1 Å². The Bertz CT molecular complexity index is 1240. The summed E-state index contributed by atoms with van der Waals surface area (Å²) in [6, 6.07) is 14.7. The number of carbonyl (C=O) groups excluding carboxylic acids is 1. The zero-order chi connectivity index (χ0) is 25.0. The van der Waals surface area contributed by atoms with E-state index < -0.39 is 5.60 Å². The second-order valence-corrected chi connectivity index (χ2v) is 8.96. The van der Waals surface area contributed by atoms with Gasteiger partial charge in [0.1, 0.15) is 17.6 Å². The van der Waals surface area contributed by atoms with E-state index in [1.54, 1.807) is 30.5 Å². The van der Waals surface area contributed by atoms with E-state index in [1.807, 2.05) is 54.9 Å². The summed E-state index contributed by atoms with van der Waals surface area (Å²) in [5.74, 6) is 0.889. The number of morpholine rings is 1. The van der Waals surface area contributed by atoms with Crippen LogP contribution in [0.25, 0.3) is 0 Å². The molecule has 182 valence electrons. The molecule has 4 rings (SSSR count). The van der Waals surface area contributed by atoms with Gasteiger partial charge in [0, 0.05) is 45.0 Å². The summed E-state index contributed by atoms with van der Waals surface area (Å²) >= 11 is 0. The second kappa shape index (κ2) is 10.3. The lowest BCUT2D eigenvalue weighted by atomic mass is 9.86. The Morgan fingerprint density at radius 1 is 1.29 bits per heavy atom. The third-order valence-corrected chi connectivity index (χ3v) is 6.50. The Labute approximate surface area is 205 Å². The molecule has 8 nitrogen and oxygen atoms in total. The molecule has 0 spiro atoms. The van der Waals surface area contributed by atoms with E-state index in [0.717, 1.165) is 23.2 Å². The van der Waals surface area contributed by atoms with Crippen molar-refractivity contribution in [2.24, 2.45) is 12.8 Å². The summed E-state index contributed by atoms with van der Waals surface area (Å²) in [6.07, 6.45) is 5.50. The maximum atomic E-state index is 13.2. The summed E-state index contributed by atoms with van der Waals surface area (Å²) in [6.45, 7) is 3.08. The summed E-state index contributed by atoms with van der Waals surface area (Å²) < 4.78 is 14.2. The largest absolute Gasteiger partial charge is 0.456 e. The Morgan fingerprint density at radius 2 is 2.11 bits per heavy atom. The van der Waals surface area contributed by atoms with Crippen LogP contribution < -0.4 is 10.5 Å². The standard InChI is InChI=1S/C27H31N5O3/c1-4-10-27(26(33)31(2)11-12-34-27)21-6-5-7-23(14-21)35-25-13-19(8-9-20(25)16-28)24(29)15-22-17-30-18-32(22)3/h5-9,13-14,17-18,24H,4,10-12,15,29H2,1-3H3. The number of hydrogen-bond donors (Lipinski definition) is 1. The van der Waals surface area contributed by atoms with E-state index >= 15 is 0 Å². The van der Waals surface area contributed by atoms with Gasteiger partial charge >= 0.3 is 0 Å². The molecule has 8 heteroatoms. The predicted octanol–water partition coefficient (Wildman–Crippen LogP) is 3.81. The molecular weight excluding hydrogens is 442 g/mol. The number of nitrogens with two attached hydrogens (primary N) is 1. The van der Waals surface area contributed by atoms with Gasteiger partial charge in [0.2, 0.25) is 0 Å². The highest BCUT2D eigenvalue weighted by atomic mass is 16.5. The maximum absolute atomic E-state index is 13.2. The van der Waals surface area contributed by atoms with Crippen molar-refractivity contribution in [3.8, 4) is 17.6 Å². The highest BCUT2D eigenvalue weighted by Crippen LogP contribution is 2.38. The lowest BCUT2D eigenvalue weighted by molar-refractivity contribution is -0.173. The molecule has 1 aliphatic rings. The summed E-state index contributed by atoms with van der Waals surface area (Å²) in [4.78, 5) is 19.0. The van der Waals surface area contributed by atoms with Crippen LogP contribution in [-0.4, -0.2) is 40.6 Å². The number of imidazole rings is 1. The van der Waals surface area contributed by atoms with Crippen LogP contribution in [0.4, 0.5) is 0 Å². The number of ether oxygens (including phenoxy) is 2. The van der Waals surface area contributed by atoms with E-state index in [4.69, 9.17) is 15.2 Å². The Balaban J connectivity index is 1.63. The molecule has 1 saturated heterocycles. The van der Waals surface area contributed by atoms with E-state index in [0.29, 0.717) is 43.1 Å². The maximum Gasteiger partial charge on any atom is 0.259 e. The molecule has 3 aromatic rings. The molecule has 2 N–H and O–H groups in total. The van der Waals surface area contributed by atoms with Crippen LogP contribution >= 0.6 is 0 Å². The van der Waals surface area contributed by atoms with Crippen molar-refractivity contribution in [3.05, 3.63) is 77.4 Å². The van der Waals surface area contributed by atoms with Crippen molar-refractivity contribution in [2.75, 3.05) is 20.2 Å². The van der Waals surface area contributed by atoms with Crippen LogP contribution in [-0.2, 0) is 28.6 Å². The molecule has 0 bridgehead atoms. The van der Waals surface area contributed by atoms with Gasteiger partial charge in [-0.25, -0.2) is 4.98 Å². The molecule has 2 aromatic carbocycles. The third-order valence-electron chi connectivity index (χ3n) is 6.50.